The lowest BCUT2D eigenvalue weighted by Crippen LogP contribution is -2.19. The first-order valence-electron chi connectivity index (χ1n) is 17.2. The highest BCUT2D eigenvalue weighted by Gasteiger charge is 2.22. The maximum atomic E-state index is 11.9. The molecule has 0 aromatic heterocycles. The lowest BCUT2D eigenvalue weighted by Gasteiger charge is -2.14. The Kier molecular flexibility index (Phi) is 19.6. The lowest BCUT2D eigenvalue weighted by atomic mass is 9.90. The van der Waals surface area contributed by atoms with E-state index < -0.39 is 30.6 Å². The normalized spacial score (nSPS) is 17.7. The molecule has 3 aliphatic rings. The number of hydrogen-bond acceptors (Lipinski definition) is 14. The number of carbonyl (C=O) groups is 7. The van der Waals surface area contributed by atoms with Gasteiger partial charge < -0.3 is 19.2 Å². The van der Waals surface area contributed by atoms with Crippen molar-refractivity contribution in [2.24, 2.45) is 33.2 Å². The van der Waals surface area contributed by atoms with E-state index in [1.165, 1.54) is 24.3 Å². The van der Waals surface area contributed by atoms with E-state index in [0.717, 1.165) is 7.11 Å². The minimum Gasteiger partial charge on any atom is -0.461 e. The molecule has 3 rings (SSSR count). The molecule has 0 heterocycles. The molecule has 0 bridgehead atoms. The average molecular weight is 766 g/mol. The van der Waals surface area contributed by atoms with Gasteiger partial charge in [0.05, 0.1) is 20.2 Å². The van der Waals surface area contributed by atoms with E-state index in [2.05, 4.69) is 29.9 Å². The average Bonchev–Trinajstić information content (AvgIpc) is 3.10. The van der Waals surface area contributed by atoms with Gasteiger partial charge in [-0.2, -0.15) is 0 Å². The molecule has 0 radical (unpaired) electrons. The van der Waals surface area contributed by atoms with Crippen LogP contribution in [0.1, 0.15) is 75.7 Å². The first kappa shape index (κ1) is 47.0. The molecule has 0 saturated carbocycles. The number of carbonyl (C=O) groups excluding carboxylic acids is 7. The van der Waals surface area contributed by atoms with Gasteiger partial charge in [-0.15, -0.1) is 0 Å². The van der Waals surface area contributed by atoms with E-state index in [1.54, 1.807) is 52.0 Å². The molecular formula is C40H48FN3O11. The van der Waals surface area contributed by atoms with Crippen LogP contribution in [-0.4, -0.2) is 72.1 Å². The fourth-order valence-electron chi connectivity index (χ4n) is 4.40. The summed E-state index contributed by atoms with van der Waals surface area (Å²) in [6.45, 7) is 17.5. The van der Waals surface area contributed by atoms with Crippen LogP contribution in [0.15, 0.2) is 97.5 Å². The van der Waals surface area contributed by atoms with Crippen LogP contribution in [0.5, 0.6) is 0 Å². The minimum absolute atomic E-state index is 0.0127. The topological polar surface area (TPSA) is 193 Å². The van der Waals surface area contributed by atoms with Crippen LogP contribution in [0.25, 0.3) is 0 Å². The molecule has 0 aromatic carbocycles. The van der Waals surface area contributed by atoms with Crippen LogP contribution in [0.4, 0.5) is 4.39 Å². The molecule has 0 N–H and O–H groups in total. The second kappa shape index (κ2) is 22.9. The van der Waals surface area contributed by atoms with Gasteiger partial charge in [0.2, 0.25) is 0 Å². The Morgan fingerprint density at radius 1 is 0.618 bits per heavy atom. The van der Waals surface area contributed by atoms with Gasteiger partial charge >= 0.3 is 23.9 Å². The number of ketones is 3. The van der Waals surface area contributed by atoms with Crippen LogP contribution >= 0.6 is 0 Å². The van der Waals surface area contributed by atoms with Gasteiger partial charge in [0, 0.05) is 22.8 Å². The third-order valence-corrected chi connectivity index (χ3v) is 7.51. The fourth-order valence-corrected chi connectivity index (χ4v) is 4.40. The minimum atomic E-state index is -1.21. The van der Waals surface area contributed by atoms with Crippen molar-refractivity contribution in [1.29, 1.82) is 0 Å². The van der Waals surface area contributed by atoms with Crippen molar-refractivity contribution in [3.05, 3.63) is 82.0 Å². The number of alkyl halides is 1. The Bertz CT molecular complexity index is 1860. The van der Waals surface area contributed by atoms with Crippen molar-refractivity contribution in [3.63, 3.8) is 0 Å². The van der Waals surface area contributed by atoms with Gasteiger partial charge in [0.1, 0.15) is 17.1 Å². The number of methoxy groups -OCH3 is 1. The number of rotatable bonds is 9. The predicted octanol–water partition coefficient (Wildman–Crippen LogP) is 6.10. The zero-order valence-electron chi connectivity index (χ0n) is 33.0. The van der Waals surface area contributed by atoms with E-state index in [0.29, 0.717) is 50.6 Å². The van der Waals surface area contributed by atoms with Gasteiger partial charge in [0.15, 0.2) is 17.3 Å². The molecule has 0 aromatic rings. The van der Waals surface area contributed by atoms with Crippen molar-refractivity contribution in [3.8, 4) is 0 Å². The third kappa shape index (κ3) is 15.5. The molecule has 0 atom stereocenters. The first-order valence-corrected chi connectivity index (χ1v) is 17.2. The van der Waals surface area contributed by atoms with Crippen molar-refractivity contribution in [2.75, 3.05) is 13.8 Å². The second-order valence-electron chi connectivity index (χ2n) is 13.0. The number of ether oxygens (including phenoxy) is 1. The summed E-state index contributed by atoms with van der Waals surface area (Å²) < 4.78 is 16.1. The highest BCUT2D eigenvalue weighted by molar-refractivity contribution is 6.30. The molecule has 55 heavy (non-hydrogen) atoms. The molecule has 0 fully saturated rings. The first-order chi connectivity index (χ1) is 25.8. The Balaban J connectivity index is 0.000000413. The fraction of sp³-hybridized carbons (Fsp3) is 0.400. The molecule has 0 saturated heterocycles. The Morgan fingerprint density at radius 2 is 0.982 bits per heavy atom. The number of halogens is 1. The van der Waals surface area contributed by atoms with Crippen LogP contribution in [0.3, 0.4) is 0 Å². The molecule has 15 heteroatoms. The van der Waals surface area contributed by atoms with Crippen LogP contribution in [0.2, 0.25) is 0 Å². The van der Waals surface area contributed by atoms with Gasteiger partial charge in [-0.3, -0.25) is 18.8 Å². The Morgan fingerprint density at radius 3 is 1.31 bits per heavy atom. The van der Waals surface area contributed by atoms with Crippen molar-refractivity contribution < 1.29 is 57.2 Å². The maximum absolute atomic E-state index is 11.9. The second-order valence-corrected chi connectivity index (χ2v) is 13.0. The molecule has 0 spiro atoms. The highest BCUT2D eigenvalue weighted by atomic mass is 19.1. The van der Waals surface area contributed by atoms with E-state index >= 15 is 0 Å². The van der Waals surface area contributed by atoms with Crippen molar-refractivity contribution >= 4 is 58.4 Å². The van der Waals surface area contributed by atoms with Gasteiger partial charge in [-0.05, 0) is 98.6 Å². The van der Waals surface area contributed by atoms with E-state index in [1.807, 2.05) is 41.5 Å². The van der Waals surface area contributed by atoms with Crippen LogP contribution < -0.4 is 0 Å². The highest BCUT2D eigenvalue weighted by Crippen LogP contribution is 2.21. The van der Waals surface area contributed by atoms with E-state index in [9.17, 15) is 38.0 Å². The summed E-state index contributed by atoms with van der Waals surface area (Å²) in [5.41, 5.74) is 4.99. The van der Waals surface area contributed by atoms with Gasteiger partial charge in [0.25, 0.3) is 0 Å². The molecular weight excluding hydrogens is 717 g/mol. The lowest BCUT2D eigenvalue weighted by molar-refractivity contribution is -0.165. The van der Waals surface area contributed by atoms with Gasteiger partial charge in [-0.1, -0.05) is 63.1 Å². The van der Waals surface area contributed by atoms with Gasteiger partial charge in [-0.25, -0.2) is 19.2 Å². The summed E-state index contributed by atoms with van der Waals surface area (Å²) >= 11 is 0. The monoisotopic (exact) mass is 765 g/mol. The number of esters is 1. The number of oxime groups is 3. The molecule has 3 aliphatic carbocycles. The standard InChI is InChI=1S/C14H17NO3.C13H16FNO3.C13H15NO5/c1-5-6-14(17)18-15-12-8-11(9(2)3)13(16)7-10(12)4;1-8(2)10-7-11(9(3)6-12(10)16)15-18-13(17)4-5-14;1-7(2)9-6-10(8(3)5-11(9)15)14-19-13(17)12(16)18-4/h5-9H,1-4H3;6-8H,4-5H2,1-3H3;5-7H,1-4H3/b6-5+,15-12+;15-11-;14-10+. The summed E-state index contributed by atoms with van der Waals surface area (Å²) in [5.74, 6) is -3.57. The quantitative estimate of drug-likeness (QED) is 0.0658. The third-order valence-electron chi connectivity index (χ3n) is 7.51. The SMILES string of the molecule is C/C=C/C(=O)O/N=C1\C=C(C(C)C)C(=O)C=C1C.CC1=CC(=O)C(C(C)C)=C/C1=N/OC(=O)CCF.COC(=O)C(=O)O/N=C1\C=C(C(C)C)C(=O)C=C1C. The molecule has 0 aliphatic heterocycles. The Hall–Kier alpha value is -5.99. The summed E-state index contributed by atoms with van der Waals surface area (Å²) in [4.78, 5) is 92.9. The summed E-state index contributed by atoms with van der Waals surface area (Å²) in [6, 6.07) is 0. The van der Waals surface area contributed by atoms with Crippen molar-refractivity contribution in [1.82, 2.24) is 0 Å². The Labute approximate surface area is 319 Å². The molecule has 296 valence electrons. The van der Waals surface area contributed by atoms with Crippen LogP contribution in [-0.2, 0) is 52.8 Å². The number of nitrogens with zero attached hydrogens (tertiary/aromatic N) is 3. The zero-order chi connectivity index (χ0) is 42.0. The molecule has 0 unspecified atom stereocenters. The van der Waals surface area contributed by atoms with Crippen LogP contribution in [0, 0.1) is 17.8 Å². The number of hydrogen-bond donors (Lipinski definition) is 0. The van der Waals surface area contributed by atoms with E-state index in [4.69, 9.17) is 4.84 Å². The summed E-state index contributed by atoms with van der Waals surface area (Å²) in [5, 5.41) is 11.0. The number of allylic oxidation sites excluding steroid dienone is 13. The zero-order valence-corrected chi connectivity index (χ0v) is 33.0. The molecule has 14 nitrogen and oxygen atoms in total. The van der Waals surface area contributed by atoms with Crippen molar-refractivity contribution in [2.45, 2.75) is 75.7 Å². The molecule has 0 amide bonds. The predicted molar refractivity (Wildman–Crippen MR) is 203 cm³/mol. The summed E-state index contributed by atoms with van der Waals surface area (Å²) in [7, 11) is 1.07. The smallest absolute Gasteiger partial charge is 0.443 e. The largest absolute Gasteiger partial charge is 0.461 e. The maximum Gasteiger partial charge on any atom is 0.443 e. The van der Waals surface area contributed by atoms with E-state index in [-0.39, 0.29) is 41.5 Å². The summed E-state index contributed by atoms with van der Waals surface area (Å²) in [6.07, 6.45) is 11.7.